The highest BCUT2D eigenvalue weighted by Gasteiger charge is 2.39. The molecular formula is C26H40N4O5. The molecule has 1 aromatic rings. The van der Waals surface area contributed by atoms with Gasteiger partial charge in [0.05, 0.1) is 6.04 Å². The fourth-order valence-electron chi connectivity index (χ4n) is 4.40. The molecule has 2 rings (SSSR count). The zero-order valence-electron chi connectivity index (χ0n) is 21.2. The SMILES string of the molecule is CC(C)CC(NC(=O)C1CCCN1C(=O)C(CC(C)C)NC(=O)C(N)Cc1ccccc1)C(=O)O. The normalized spacial score (nSPS) is 18.3. The van der Waals surface area contributed by atoms with E-state index in [-0.39, 0.29) is 17.7 Å². The predicted octanol–water partition coefficient (Wildman–Crippen LogP) is 1.69. The van der Waals surface area contributed by atoms with Crippen LogP contribution in [0.5, 0.6) is 0 Å². The van der Waals surface area contributed by atoms with E-state index in [0.717, 1.165) is 5.56 Å². The van der Waals surface area contributed by atoms with Crippen LogP contribution in [0.15, 0.2) is 30.3 Å². The molecule has 1 aliphatic heterocycles. The first-order valence-electron chi connectivity index (χ1n) is 12.4. The lowest BCUT2D eigenvalue weighted by Gasteiger charge is -2.30. The second-order valence-corrected chi connectivity index (χ2v) is 10.2. The summed E-state index contributed by atoms with van der Waals surface area (Å²) in [4.78, 5) is 52.4. The summed E-state index contributed by atoms with van der Waals surface area (Å²) in [5, 5.41) is 14.9. The van der Waals surface area contributed by atoms with Crippen LogP contribution in [0.25, 0.3) is 0 Å². The van der Waals surface area contributed by atoms with E-state index in [1.165, 1.54) is 4.90 Å². The molecule has 4 unspecified atom stereocenters. The molecule has 0 saturated carbocycles. The van der Waals surface area contributed by atoms with E-state index in [1.807, 2.05) is 58.0 Å². The van der Waals surface area contributed by atoms with Gasteiger partial charge < -0.3 is 26.4 Å². The van der Waals surface area contributed by atoms with Crippen molar-refractivity contribution in [3.05, 3.63) is 35.9 Å². The minimum Gasteiger partial charge on any atom is -0.480 e. The van der Waals surface area contributed by atoms with Crippen LogP contribution in [0.4, 0.5) is 0 Å². The number of likely N-dealkylation sites (tertiary alicyclic amines) is 1. The van der Waals surface area contributed by atoms with Gasteiger partial charge in [0.1, 0.15) is 18.1 Å². The molecule has 1 aliphatic rings. The first kappa shape index (κ1) is 28.3. The predicted molar refractivity (Wildman–Crippen MR) is 133 cm³/mol. The standard InChI is InChI=1S/C26H40N4O5/c1-16(2)13-20(28-23(31)19(27)15-18-9-6-5-7-10-18)25(33)30-12-8-11-22(30)24(32)29-21(26(34)35)14-17(3)4/h5-7,9-10,16-17,19-22H,8,11-15,27H2,1-4H3,(H,28,31)(H,29,32)(H,34,35). The number of nitrogens with zero attached hydrogens (tertiary/aromatic N) is 1. The average Bonchev–Trinajstić information content (AvgIpc) is 3.27. The van der Waals surface area contributed by atoms with Gasteiger partial charge in [0, 0.05) is 6.54 Å². The number of nitrogens with two attached hydrogens (primary N) is 1. The summed E-state index contributed by atoms with van der Waals surface area (Å²) in [6, 6.07) is 6.01. The van der Waals surface area contributed by atoms with Crippen LogP contribution in [0.2, 0.25) is 0 Å². The van der Waals surface area contributed by atoms with Crippen LogP contribution in [-0.4, -0.2) is 64.4 Å². The Kier molecular flexibility index (Phi) is 10.7. The topological polar surface area (TPSA) is 142 Å². The molecule has 1 saturated heterocycles. The third-order valence-electron chi connectivity index (χ3n) is 6.12. The Morgan fingerprint density at radius 3 is 2.17 bits per heavy atom. The Morgan fingerprint density at radius 1 is 1.00 bits per heavy atom. The number of aliphatic carboxylic acids is 1. The van der Waals surface area contributed by atoms with Crippen molar-refractivity contribution in [3.8, 4) is 0 Å². The molecule has 5 N–H and O–H groups in total. The van der Waals surface area contributed by atoms with Crippen LogP contribution < -0.4 is 16.4 Å². The number of rotatable bonds is 12. The van der Waals surface area contributed by atoms with Crippen molar-refractivity contribution in [2.45, 2.75) is 84.0 Å². The van der Waals surface area contributed by atoms with Crippen molar-refractivity contribution < 1.29 is 24.3 Å². The zero-order valence-corrected chi connectivity index (χ0v) is 21.2. The summed E-state index contributed by atoms with van der Waals surface area (Å²) in [6.07, 6.45) is 2.12. The van der Waals surface area contributed by atoms with E-state index < -0.39 is 42.0 Å². The Labute approximate surface area is 207 Å². The second kappa shape index (κ2) is 13.2. The summed E-state index contributed by atoms with van der Waals surface area (Å²) < 4.78 is 0. The van der Waals surface area contributed by atoms with Gasteiger partial charge in [-0.25, -0.2) is 4.79 Å². The molecule has 1 fully saturated rings. The van der Waals surface area contributed by atoms with Gasteiger partial charge in [-0.1, -0.05) is 58.0 Å². The molecule has 0 aliphatic carbocycles. The van der Waals surface area contributed by atoms with E-state index in [4.69, 9.17) is 5.73 Å². The minimum absolute atomic E-state index is 0.0865. The molecule has 0 aromatic heterocycles. The number of carbonyl (C=O) groups excluding carboxylic acids is 3. The van der Waals surface area contributed by atoms with Crippen molar-refractivity contribution in [2.24, 2.45) is 17.6 Å². The molecule has 3 amide bonds. The van der Waals surface area contributed by atoms with Crippen LogP contribution in [0.1, 0.15) is 58.9 Å². The molecule has 1 aromatic carbocycles. The number of benzene rings is 1. The summed E-state index contributed by atoms with van der Waals surface area (Å²) in [6.45, 7) is 8.05. The Hall–Kier alpha value is -2.94. The maximum atomic E-state index is 13.5. The van der Waals surface area contributed by atoms with Gasteiger partial charge in [-0.15, -0.1) is 0 Å². The van der Waals surface area contributed by atoms with Crippen LogP contribution in [-0.2, 0) is 25.6 Å². The molecule has 1 heterocycles. The maximum Gasteiger partial charge on any atom is 0.326 e. The number of carboxylic acids is 1. The molecule has 0 spiro atoms. The van der Waals surface area contributed by atoms with Crippen LogP contribution in [0.3, 0.4) is 0 Å². The van der Waals surface area contributed by atoms with E-state index in [0.29, 0.717) is 38.6 Å². The Bertz CT molecular complexity index is 874. The Balaban J connectivity index is 2.10. The van der Waals surface area contributed by atoms with Gasteiger partial charge in [0.15, 0.2) is 0 Å². The zero-order chi connectivity index (χ0) is 26.1. The van der Waals surface area contributed by atoms with E-state index >= 15 is 0 Å². The average molecular weight is 489 g/mol. The van der Waals surface area contributed by atoms with Crippen LogP contribution >= 0.6 is 0 Å². The molecule has 9 nitrogen and oxygen atoms in total. The van der Waals surface area contributed by atoms with Crippen molar-refractivity contribution in [1.29, 1.82) is 0 Å². The summed E-state index contributed by atoms with van der Waals surface area (Å²) in [5.41, 5.74) is 7.05. The van der Waals surface area contributed by atoms with E-state index in [9.17, 15) is 24.3 Å². The van der Waals surface area contributed by atoms with Crippen LogP contribution in [0, 0.1) is 11.8 Å². The number of nitrogens with one attached hydrogen (secondary N) is 2. The number of carbonyl (C=O) groups is 4. The molecular weight excluding hydrogens is 448 g/mol. The van der Waals surface area contributed by atoms with Crippen molar-refractivity contribution in [1.82, 2.24) is 15.5 Å². The maximum absolute atomic E-state index is 13.5. The second-order valence-electron chi connectivity index (χ2n) is 10.2. The largest absolute Gasteiger partial charge is 0.480 e. The van der Waals surface area contributed by atoms with Crippen molar-refractivity contribution in [3.63, 3.8) is 0 Å². The fourth-order valence-corrected chi connectivity index (χ4v) is 4.40. The lowest BCUT2D eigenvalue weighted by Crippen LogP contribution is -2.57. The molecule has 35 heavy (non-hydrogen) atoms. The highest BCUT2D eigenvalue weighted by atomic mass is 16.4. The minimum atomic E-state index is -1.10. The van der Waals surface area contributed by atoms with Gasteiger partial charge in [-0.3, -0.25) is 14.4 Å². The summed E-state index contributed by atoms with van der Waals surface area (Å²) in [5.74, 6) is -2.13. The Morgan fingerprint density at radius 2 is 1.60 bits per heavy atom. The number of carboxylic acid groups (broad SMARTS) is 1. The molecule has 0 radical (unpaired) electrons. The lowest BCUT2D eigenvalue weighted by molar-refractivity contribution is -0.145. The van der Waals surface area contributed by atoms with E-state index in [2.05, 4.69) is 10.6 Å². The number of hydrogen-bond acceptors (Lipinski definition) is 5. The monoisotopic (exact) mass is 488 g/mol. The molecule has 9 heteroatoms. The summed E-state index contributed by atoms with van der Waals surface area (Å²) >= 11 is 0. The van der Waals surface area contributed by atoms with Gasteiger partial charge in [-0.2, -0.15) is 0 Å². The summed E-state index contributed by atoms with van der Waals surface area (Å²) in [7, 11) is 0. The third-order valence-corrected chi connectivity index (χ3v) is 6.12. The molecule has 4 atom stereocenters. The number of amides is 3. The smallest absolute Gasteiger partial charge is 0.326 e. The number of hydrogen-bond donors (Lipinski definition) is 4. The van der Waals surface area contributed by atoms with Gasteiger partial charge in [-0.05, 0) is 49.5 Å². The van der Waals surface area contributed by atoms with E-state index in [1.54, 1.807) is 0 Å². The highest BCUT2D eigenvalue weighted by molar-refractivity contribution is 5.94. The lowest BCUT2D eigenvalue weighted by atomic mass is 10.0. The van der Waals surface area contributed by atoms with Crippen molar-refractivity contribution in [2.75, 3.05) is 6.54 Å². The van der Waals surface area contributed by atoms with Crippen molar-refractivity contribution >= 4 is 23.7 Å². The third kappa shape index (κ3) is 8.65. The molecule has 0 bridgehead atoms. The molecule has 194 valence electrons. The van der Waals surface area contributed by atoms with Gasteiger partial charge in [0.2, 0.25) is 17.7 Å². The fraction of sp³-hybridized carbons (Fsp3) is 0.615. The van der Waals surface area contributed by atoms with Gasteiger partial charge in [0.25, 0.3) is 0 Å². The van der Waals surface area contributed by atoms with Gasteiger partial charge >= 0.3 is 5.97 Å². The first-order valence-corrected chi connectivity index (χ1v) is 12.4. The first-order chi connectivity index (χ1) is 16.5. The highest BCUT2D eigenvalue weighted by Crippen LogP contribution is 2.21. The quantitative estimate of drug-likeness (QED) is 0.353.